The molecule has 1 aromatic heterocycles. The van der Waals surface area contributed by atoms with Crippen LogP contribution in [0, 0.1) is 12.7 Å². The highest BCUT2D eigenvalue weighted by molar-refractivity contribution is 7.09. The molecule has 3 rings (SSSR count). The summed E-state index contributed by atoms with van der Waals surface area (Å²) in [5, 5.41) is 5.61. The molecule has 0 radical (unpaired) electrons. The highest BCUT2D eigenvalue weighted by atomic mass is 32.1. The van der Waals surface area contributed by atoms with Gasteiger partial charge in [0.15, 0.2) is 5.78 Å². The van der Waals surface area contributed by atoms with E-state index in [1.165, 1.54) is 30.4 Å². The maximum Gasteiger partial charge on any atom is 0.224 e. The summed E-state index contributed by atoms with van der Waals surface area (Å²) in [5.41, 5.74) is 3.75. The number of carbonyl (C=O) groups excluding carboxylic acids is 2. The van der Waals surface area contributed by atoms with E-state index in [9.17, 15) is 14.0 Å². The van der Waals surface area contributed by atoms with E-state index in [0.29, 0.717) is 24.1 Å². The van der Waals surface area contributed by atoms with Gasteiger partial charge in [-0.25, -0.2) is 9.37 Å². The number of ketones is 1. The van der Waals surface area contributed by atoms with Crippen molar-refractivity contribution >= 4 is 28.7 Å². The molecule has 0 aliphatic rings. The molecule has 1 amide bonds. The molecule has 1 heterocycles. The fourth-order valence-corrected chi connectivity index (χ4v) is 3.40. The summed E-state index contributed by atoms with van der Waals surface area (Å²) < 4.78 is 13.0. The molecule has 3 aromatic rings. The lowest BCUT2D eigenvalue weighted by Crippen LogP contribution is -2.13. The van der Waals surface area contributed by atoms with Crippen LogP contribution >= 0.6 is 11.3 Å². The lowest BCUT2D eigenvalue weighted by Gasteiger charge is -2.09. The number of nitrogens with one attached hydrogen (secondary N) is 1. The molecule has 0 fully saturated rings. The van der Waals surface area contributed by atoms with Crippen molar-refractivity contribution in [3.63, 3.8) is 0 Å². The van der Waals surface area contributed by atoms with Crippen molar-refractivity contribution in [2.45, 2.75) is 26.7 Å². The number of aromatic nitrogens is 1. The van der Waals surface area contributed by atoms with Gasteiger partial charge < -0.3 is 5.32 Å². The number of benzene rings is 2. The smallest absolute Gasteiger partial charge is 0.224 e. The van der Waals surface area contributed by atoms with E-state index >= 15 is 0 Å². The van der Waals surface area contributed by atoms with Gasteiger partial charge in [0.1, 0.15) is 5.82 Å². The van der Waals surface area contributed by atoms with Crippen LogP contribution in [-0.4, -0.2) is 16.7 Å². The largest absolute Gasteiger partial charge is 0.326 e. The number of hydrogen-bond donors (Lipinski definition) is 1. The van der Waals surface area contributed by atoms with Crippen molar-refractivity contribution in [1.82, 2.24) is 4.98 Å². The summed E-state index contributed by atoms with van der Waals surface area (Å²) in [6.45, 7) is 3.38. The van der Waals surface area contributed by atoms with Crippen molar-refractivity contribution < 1.29 is 14.0 Å². The van der Waals surface area contributed by atoms with E-state index in [4.69, 9.17) is 0 Å². The van der Waals surface area contributed by atoms with Gasteiger partial charge in [0.2, 0.25) is 5.91 Å². The normalized spacial score (nSPS) is 10.6. The minimum Gasteiger partial charge on any atom is -0.326 e. The second kappa shape index (κ2) is 8.22. The molecule has 2 aromatic carbocycles. The van der Waals surface area contributed by atoms with Crippen molar-refractivity contribution in [2.75, 3.05) is 5.32 Å². The molecule has 27 heavy (non-hydrogen) atoms. The maximum absolute atomic E-state index is 13.0. The van der Waals surface area contributed by atoms with Crippen LogP contribution in [0.15, 0.2) is 47.8 Å². The van der Waals surface area contributed by atoms with Crippen LogP contribution in [0.1, 0.15) is 34.3 Å². The molecule has 0 aliphatic carbocycles. The summed E-state index contributed by atoms with van der Waals surface area (Å²) in [6, 6.07) is 11.4. The molecular weight excluding hydrogens is 363 g/mol. The first-order chi connectivity index (χ1) is 12.9. The van der Waals surface area contributed by atoms with Crippen molar-refractivity contribution in [3.05, 3.63) is 69.8 Å². The van der Waals surface area contributed by atoms with Gasteiger partial charge in [0, 0.05) is 35.0 Å². The zero-order valence-corrected chi connectivity index (χ0v) is 15.9. The SMILES string of the molecule is CC(=O)c1ccc(C)c(NC(=O)CCc2nc(-c3ccc(F)cc3)cs2)c1. The molecule has 0 atom stereocenters. The highest BCUT2D eigenvalue weighted by Gasteiger charge is 2.10. The third kappa shape index (κ3) is 4.86. The number of Topliss-reactive ketones (excluding diaryl/α,β-unsaturated/α-hetero) is 1. The highest BCUT2D eigenvalue weighted by Crippen LogP contribution is 2.23. The molecule has 4 nitrogen and oxygen atoms in total. The fourth-order valence-electron chi connectivity index (χ4n) is 2.59. The Hall–Kier alpha value is -2.86. The van der Waals surface area contributed by atoms with Crippen LogP contribution in [0.25, 0.3) is 11.3 Å². The average molecular weight is 382 g/mol. The summed E-state index contributed by atoms with van der Waals surface area (Å²) >= 11 is 1.48. The van der Waals surface area contributed by atoms with Gasteiger partial charge in [-0.3, -0.25) is 9.59 Å². The lowest BCUT2D eigenvalue weighted by molar-refractivity contribution is -0.116. The standard InChI is InChI=1S/C21H19FN2O2S/c1-13-3-4-16(14(2)25)11-18(13)23-20(26)9-10-21-24-19(12-27-21)15-5-7-17(22)8-6-15/h3-8,11-12H,9-10H2,1-2H3,(H,23,26). The number of nitrogens with zero attached hydrogens (tertiary/aromatic N) is 1. The minimum atomic E-state index is -0.282. The van der Waals surface area contributed by atoms with Gasteiger partial charge in [-0.15, -0.1) is 11.3 Å². The first kappa shape index (κ1) is 18.9. The third-order valence-electron chi connectivity index (χ3n) is 4.18. The Morgan fingerprint density at radius 3 is 2.59 bits per heavy atom. The van der Waals surface area contributed by atoms with E-state index in [-0.39, 0.29) is 17.5 Å². The quantitative estimate of drug-likeness (QED) is 0.608. The summed E-state index contributed by atoms with van der Waals surface area (Å²) in [4.78, 5) is 28.3. The molecule has 0 saturated carbocycles. The van der Waals surface area contributed by atoms with Crippen LogP contribution in [0.3, 0.4) is 0 Å². The number of hydrogen-bond acceptors (Lipinski definition) is 4. The summed E-state index contributed by atoms with van der Waals surface area (Å²) in [6.07, 6.45) is 0.809. The van der Waals surface area contributed by atoms with Gasteiger partial charge in [-0.1, -0.05) is 12.1 Å². The molecule has 0 aliphatic heterocycles. The molecule has 0 spiro atoms. The second-order valence-corrected chi connectivity index (χ2v) is 7.21. The van der Waals surface area contributed by atoms with Crippen LogP contribution in [0.5, 0.6) is 0 Å². The number of carbonyl (C=O) groups is 2. The van der Waals surface area contributed by atoms with Crippen LogP contribution in [0.4, 0.5) is 10.1 Å². The number of thiazole rings is 1. The van der Waals surface area contributed by atoms with Crippen molar-refractivity contribution in [3.8, 4) is 11.3 Å². The van der Waals surface area contributed by atoms with Crippen molar-refractivity contribution in [1.29, 1.82) is 0 Å². The van der Waals surface area contributed by atoms with Gasteiger partial charge in [0.25, 0.3) is 0 Å². The van der Waals surface area contributed by atoms with Crippen LogP contribution in [0.2, 0.25) is 0 Å². The average Bonchev–Trinajstić information content (AvgIpc) is 3.11. The van der Waals surface area contributed by atoms with Crippen LogP contribution < -0.4 is 5.32 Å². The molecule has 1 N–H and O–H groups in total. The second-order valence-electron chi connectivity index (χ2n) is 6.27. The Morgan fingerprint density at radius 1 is 1.15 bits per heavy atom. The molecule has 0 bridgehead atoms. The Labute approximate surface area is 161 Å². The number of halogens is 1. The molecule has 138 valence electrons. The number of anilines is 1. The van der Waals surface area contributed by atoms with Gasteiger partial charge in [-0.2, -0.15) is 0 Å². The van der Waals surface area contributed by atoms with E-state index in [1.54, 1.807) is 24.3 Å². The zero-order chi connectivity index (χ0) is 19.4. The van der Waals surface area contributed by atoms with E-state index < -0.39 is 0 Å². The Morgan fingerprint density at radius 2 is 1.89 bits per heavy atom. The topological polar surface area (TPSA) is 59.1 Å². The number of aryl methyl sites for hydroxylation is 2. The Bertz CT molecular complexity index is 980. The fraction of sp³-hybridized carbons (Fsp3) is 0.190. The summed E-state index contributed by atoms with van der Waals surface area (Å²) in [7, 11) is 0. The minimum absolute atomic E-state index is 0.0402. The lowest BCUT2D eigenvalue weighted by atomic mass is 10.1. The van der Waals surface area contributed by atoms with E-state index in [1.807, 2.05) is 18.4 Å². The number of amides is 1. The van der Waals surface area contributed by atoms with Gasteiger partial charge in [0.05, 0.1) is 10.7 Å². The maximum atomic E-state index is 13.0. The van der Waals surface area contributed by atoms with E-state index in [0.717, 1.165) is 21.8 Å². The molecular formula is C21H19FN2O2S. The Balaban J connectivity index is 1.61. The van der Waals surface area contributed by atoms with Gasteiger partial charge in [-0.05, 0) is 49.7 Å². The third-order valence-corrected chi connectivity index (χ3v) is 5.08. The zero-order valence-electron chi connectivity index (χ0n) is 15.1. The summed E-state index contributed by atoms with van der Waals surface area (Å²) in [5.74, 6) is -0.450. The first-order valence-electron chi connectivity index (χ1n) is 8.54. The molecule has 0 saturated heterocycles. The van der Waals surface area contributed by atoms with E-state index in [2.05, 4.69) is 10.3 Å². The predicted octanol–water partition coefficient (Wildman–Crippen LogP) is 5.03. The van der Waals surface area contributed by atoms with Crippen molar-refractivity contribution in [2.24, 2.45) is 0 Å². The number of rotatable bonds is 6. The molecule has 0 unspecified atom stereocenters. The Kier molecular flexibility index (Phi) is 5.76. The monoisotopic (exact) mass is 382 g/mol. The molecule has 6 heteroatoms. The predicted molar refractivity (Wildman–Crippen MR) is 106 cm³/mol. The van der Waals surface area contributed by atoms with Gasteiger partial charge >= 0.3 is 0 Å². The first-order valence-corrected chi connectivity index (χ1v) is 9.42. The van der Waals surface area contributed by atoms with Crippen LogP contribution in [-0.2, 0) is 11.2 Å².